The largest absolute Gasteiger partial charge is 0.392 e. The van der Waals surface area contributed by atoms with E-state index >= 15 is 0 Å². The van der Waals surface area contributed by atoms with E-state index in [2.05, 4.69) is 85.4 Å². The van der Waals surface area contributed by atoms with E-state index in [0.29, 0.717) is 29.0 Å². The Morgan fingerprint density at radius 1 is 0.939 bits per heavy atom. The minimum absolute atomic E-state index is 0.00356. The smallest absolute Gasteiger partial charge is 0.253 e. The van der Waals surface area contributed by atoms with Gasteiger partial charge in [0.25, 0.3) is 5.91 Å². The number of aliphatic hydroxyl groups excluding tert-OH is 1. The van der Waals surface area contributed by atoms with Crippen LogP contribution in [0.4, 0.5) is 0 Å². The Labute approximate surface area is 290 Å². The van der Waals surface area contributed by atoms with E-state index in [9.17, 15) is 9.90 Å². The van der Waals surface area contributed by atoms with E-state index in [-0.39, 0.29) is 30.6 Å². The van der Waals surface area contributed by atoms with Crippen LogP contribution in [0, 0.1) is 16.7 Å². The van der Waals surface area contributed by atoms with Crippen LogP contribution in [0.25, 0.3) is 11.1 Å². The molecule has 2 bridgehead atoms. The maximum Gasteiger partial charge on any atom is 0.253 e. The van der Waals surface area contributed by atoms with Crippen LogP contribution in [0.2, 0.25) is 0 Å². The summed E-state index contributed by atoms with van der Waals surface area (Å²) in [5, 5.41) is 12.7. The lowest BCUT2D eigenvalue weighted by Crippen LogP contribution is -2.46. The zero-order valence-electron chi connectivity index (χ0n) is 29.1. The van der Waals surface area contributed by atoms with Gasteiger partial charge < -0.3 is 19.9 Å². The molecule has 6 atom stereocenters. The molecule has 4 aromatic rings. The molecule has 256 valence electrons. The van der Waals surface area contributed by atoms with Gasteiger partial charge >= 0.3 is 0 Å². The van der Waals surface area contributed by atoms with E-state index in [0.717, 1.165) is 46.5 Å². The van der Waals surface area contributed by atoms with Gasteiger partial charge in [0.1, 0.15) is 0 Å². The van der Waals surface area contributed by atoms with Crippen molar-refractivity contribution >= 4 is 5.91 Å². The molecule has 3 aliphatic rings. The molecule has 2 aliphatic heterocycles. The SMILES string of the molecule is C[C@H]1[C@@H](CN2CC3(C)CC2CC(C)(C)C3)O[C@@H](c2ccc(-c3ccccc3CNC(=O)c3cccnc3)cc2)O[C@H]1c1ccc(CO)cc1. The Morgan fingerprint density at radius 3 is 2.43 bits per heavy atom. The lowest BCUT2D eigenvalue weighted by atomic mass is 9.65. The summed E-state index contributed by atoms with van der Waals surface area (Å²) in [5.41, 5.74) is 7.39. The maximum absolute atomic E-state index is 12.7. The van der Waals surface area contributed by atoms with E-state index in [1.165, 1.54) is 19.3 Å². The fourth-order valence-electron chi connectivity index (χ4n) is 8.90. The third-order valence-electron chi connectivity index (χ3n) is 10.9. The predicted octanol–water partition coefficient (Wildman–Crippen LogP) is 7.86. The monoisotopic (exact) mass is 659 g/mol. The first-order chi connectivity index (χ1) is 23.6. The van der Waals surface area contributed by atoms with Crippen LogP contribution in [0.3, 0.4) is 0 Å². The fourth-order valence-corrected chi connectivity index (χ4v) is 8.90. The second-order valence-electron chi connectivity index (χ2n) is 15.7. The second kappa shape index (κ2) is 13.8. The van der Waals surface area contributed by atoms with Crippen LogP contribution >= 0.6 is 0 Å². The molecule has 1 aliphatic carbocycles. The van der Waals surface area contributed by atoms with Gasteiger partial charge in [0, 0.05) is 49.6 Å². The van der Waals surface area contributed by atoms with Gasteiger partial charge in [-0.1, -0.05) is 100 Å². The van der Waals surface area contributed by atoms with Crippen molar-refractivity contribution in [2.45, 2.75) is 84.6 Å². The zero-order valence-corrected chi connectivity index (χ0v) is 29.1. The molecule has 49 heavy (non-hydrogen) atoms. The van der Waals surface area contributed by atoms with Crippen LogP contribution in [0.5, 0.6) is 0 Å². The van der Waals surface area contributed by atoms with Gasteiger partial charge in [0.2, 0.25) is 0 Å². The van der Waals surface area contributed by atoms with E-state index in [4.69, 9.17) is 9.47 Å². The fraction of sp³-hybridized carbons (Fsp3) is 0.429. The van der Waals surface area contributed by atoms with Crippen LogP contribution in [-0.2, 0) is 22.6 Å². The number of rotatable bonds is 9. The number of hydrogen-bond donors (Lipinski definition) is 2. The van der Waals surface area contributed by atoms with Gasteiger partial charge in [-0.25, -0.2) is 0 Å². The summed E-state index contributed by atoms with van der Waals surface area (Å²) < 4.78 is 13.7. The van der Waals surface area contributed by atoms with E-state index in [1.807, 2.05) is 30.3 Å². The maximum atomic E-state index is 12.7. The summed E-state index contributed by atoms with van der Waals surface area (Å²) in [6.45, 7) is 12.0. The Kier molecular flexibility index (Phi) is 9.46. The Balaban J connectivity index is 1.11. The van der Waals surface area contributed by atoms with Gasteiger partial charge in [0.15, 0.2) is 6.29 Å². The number of nitrogens with zero attached hydrogens (tertiary/aromatic N) is 2. The minimum Gasteiger partial charge on any atom is -0.392 e. The molecule has 0 radical (unpaired) electrons. The van der Waals surface area contributed by atoms with Crippen molar-refractivity contribution in [3.63, 3.8) is 0 Å². The average molecular weight is 660 g/mol. The summed E-state index contributed by atoms with van der Waals surface area (Å²) in [6.07, 6.45) is 6.34. The van der Waals surface area contributed by atoms with Crippen molar-refractivity contribution in [1.29, 1.82) is 0 Å². The van der Waals surface area contributed by atoms with Crippen molar-refractivity contribution in [3.05, 3.63) is 125 Å². The topological polar surface area (TPSA) is 83.9 Å². The molecule has 7 nitrogen and oxygen atoms in total. The number of carbonyl (C=O) groups excluding carboxylic acids is 1. The van der Waals surface area contributed by atoms with Crippen molar-refractivity contribution in [3.8, 4) is 11.1 Å². The summed E-state index contributed by atoms with van der Waals surface area (Å²) in [4.78, 5) is 19.5. The molecule has 7 rings (SSSR count). The number of carbonyl (C=O) groups is 1. The molecule has 1 amide bonds. The van der Waals surface area contributed by atoms with Crippen molar-refractivity contribution in [1.82, 2.24) is 15.2 Å². The third kappa shape index (κ3) is 7.36. The molecular weight excluding hydrogens is 610 g/mol. The minimum atomic E-state index is -0.513. The Morgan fingerprint density at radius 2 is 1.69 bits per heavy atom. The van der Waals surface area contributed by atoms with Crippen LogP contribution < -0.4 is 5.32 Å². The summed E-state index contributed by atoms with van der Waals surface area (Å²) in [6, 6.07) is 28.9. The molecule has 2 unspecified atom stereocenters. The van der Waals surface area contributed by atoms with Crippen molar-refractivity contribution < 1.29 is 19.4 Å². The van der Waals surface area contributed by atoms with Crippen LogP contribution in [0.15, 0.2) is 97.3 Å². The van der Waals surface area contributed by atoms with Gasteiger partial charge in [-0.15, -0.1) is 0 Å². The number of hydrogen-bond acceptors (Lipinski definition) is 6. The highest BCUT2D eigenvalue weighted by Gasteiger charge is 2.51. The van der Waals surface area contributed by atoms with E-state index < -0.39 is 6.29 Å². The Bertz CT molecular complexity index is 1740. The number of likely N-dealkylation sites (tertiary alicyclic amines) is 1. The number of ether oxygens (including phenoxy) is 2. The first-order valence-electron chi connectivity index (χ1n) is 17.7. The lowest BCUT2D eigenvalue weighted by Gasteiger charge is -2.43. The molecule has 1 saturated carbocycles. The predicted molar refractivity (Wildman–Crippen MR) is 191 cm³/mol. The average Bonchev–Trinajstić information content (AvgIpc) is 3.35. The molecule has 7 heteroatoms. The highest BCUT2D eigenvalue weighted by molar-refractivity contribution is 5.93. The summed E-state index contributed by atoms with van der Waals surface area (Å²) in [5.74, 6) is -0.00471. The van der Waals surface area contributed by atoms with Crippen LogP contribution in [-0.4, -0.2) is 46.1 Å². The normalized spacial score (nSPS) is 27.9. The molecule has 1 aromatic heterocycles. The molecule has 2 saturated heterocycles. The van der Waals surface area contributed by atoms with Gasteiger partial charge in [-0.05, 0) is 70.0 Å². The number of fused-ring (bicyclic) bond motifs is 2. The molecule has 0 spiro atoms. The molecule has 3 fully saturated rings. The summed E-state index contributed by atoms with van der Waals surface area (Å²) >= 11 is 0. The first kappa shape index (κ1) is 33.6. The van der Waals surface area contributed by atoms with Crippen LogP contribution in [0.1, 0.15) is 92.0 Å². The van der Waals surface area contributed by atoms with Gasteiger partial charge in [-0.3, -0.25) is 14.7 Å². The quantitative estimate of drug-likeness (QED) is 0.190. The number of nitrogens with one attached hydrogen (secondary N) is 1. The molecular formula is C42H49N3O4. The number of benzene rings is 3. The molecule has 3 heterocycles. The lowest BCUT2D eigenvalue weighted by molar-refractivity contribution is -0.276. The van der Waals surface area contributed by atoms with Crippen molar-refractivity contribution in [2.24, 2.45) is 16.7 Å². The number of aliphatic hydroxyl groups is 1. The highest BCUT2D eigenvalue weighted by Crippen LogP contribution is 2.53. The van der Waals surface area contributed by atoms with E-state index in [1.54, 1.807) is 24.5 Å². The highest BCUT2D eigenvalue weighted by atomic mass is 16.7. The Hall–Kier alpha value is -3.88. The number of amides is 1. The standard InChI is InChI=1S/C42H49N3O4/c1-28-37(24-45-27-42(4)21-35(45)20-41(2,3)26-42)48-40(49-38(28)31-13-11-29(25-46)12-14-31)32-17-15-30(16-18-32)36-10-6-5-8-33(36)23-44-39(47)34-9-7-19-43-22-34/h5-19,22,28,35,37-38,40,46H,20-21,23-27H2,1-4H3,(H,44,47)/t28-,35?,37+,38+,40+,42?/m0/s1. The number of pyridine rings is 1. The summed E-state index contributed by atoms with van der Waals surface area (Å²) in [7, 11) is 0. The molecule has 2 N–H and O–H groups in total. The van der Waals surface area contributed by atoms with Gasteiger partial charge in [0.05, 0.1) is 24.4 Å². The third-order valence-corrected chi connectivity index (χ3v) is 10.9. The molecule has 3 aromatic carbocycles. The second-order valence-corrected chi connectivity index (χ2v) is 15.7. The first-order valence-corrected chi connectivity index (χ1v) is 17.7. The zero-order chi connectivity index (χ0) is 34.2. The van der Waals surface area contributed by atoms with Gasteiger partial charge in [-0.2, -0.15) is 0 Å². The number of aromatic nitrogens is 1. The van der Waals surface area contributed by atoms with Crippen molar-refractivity contribution in [2.75, 3.05) is 13.1 Å².